The Morgan fingerprint density at radius 1 is 1.47 bits per heavy atom. The molecule has 1 aromatic rings. The summed E-state index contributed by atoms with van der Waals surface area (Å²) in [6.07, 6.45) is 0.599. The molecule has 2 unspecified atom stereocenters. The lowest BCUT2D eigenvalue weighted by molar-refractivity contribution is -0.124. The van der Waals surface area contributed by atoms with Gasteiger partial charge in [0.1, 0.15) is 11.3 Å². The summed E-state index contributed by atoms with van der Waals surface area (Å²) in [6, 6.07) is 5.81. The fraction of sp³-hybridized carbons (Fsp3) is 0.417. The Morgan fingerprint density at radius 2 is 2.29 bits per heavy atom. The fourth-order valence-corrected chi connectivity index (χ4v) is 4.00. The van der Waals surface area contributed by atoms with Crippen molar-refractivity contribution in [1.29, 1.82) is 0 Å². The molecule has 2 aliphatic heterocycles. The first-order valence-corrected chi connectivity index (χ1v) is 6.98. The minimum atomic E-state index is -0.980. The highest BCUT2D eigenvalue weighted by Gasteiger charge is 2.50. The molecule has 2 heterocycles. The Labute approximate surface area is 103 Å². The van der Waals surface area contributed by atoms with E-state index in [0.29, 0.717) is 18.8 Å². The van der Waals surface area contributed by atoms with Crippen molar-refractivity contribution in [3.63, 3.8) is 0 Å². The van der Waals surface area contributed by atoms with E-state index in [2.05, 4.69) is 10.6 Å². The predicted octanol–water partition coefficient (Wildman–Crippen LogP) is 0.379. The van der Waals surface area contributed by atoms with Gasteiger partial charge in [-0.15, -0.1) is 0 Å². The summed E-state index contributed by atoms with van der Waals surface area (Å²) >= 11 is -0.980. The normalized spacial score (nSPS) is 31.4. The number of benzene rings is 1. The molecule has 90 valence electrons. The summed E-state index contributed by atoms with van der Waals surface area (Å²) in [4.78, 5) is 12.9. The zero-order chi connectivity index (χ0) is 12.0. The van der Waals surface area contributed by atoms with Gasteiger partial charge in [0.25, 0.3) is 0 Å². The molecule has 4 nitrogen and oxygen atoms in total. The van der Waals surface area contributed by atoms with Crippen molar-refractivity contribution < 1.29 is 9.35 Å². The highest BCUT2D eigenvalue weighted by Crippen LogP contribution is 2.38. The largest absolute Gasteiger partial charge is 0.611 e. The van der Waals surface area contributed by atoms with Crippen LogP contribution in [0.25, 0.3) is 0 Å². The van der Waals surface area contributed by atoms with Gasteiger partial charge >= 0.3 is 0 Å². The van der Waals surface area contributed by atoms with Crippen molar-refractivity contribution >= 4 is 17.1 Å². The van der Waals surface area contributed by atoms with Crippen LogP contribution in [0, 0.1) is 6.92 Å². The van der Waals surface area contributed by atoms with E-state index >= 15 is 0 Å². The Kier molecular flexibility index (Phi) is 2.43. The molecule has 1 spiro atoms. The highest BCUT2D eigenvalue weighted by atomic mass is 32.2. The van der Waals surface area contributed by atoms with Gasteiger partial charge < -0.3 is 9.87 Å². The molecular formula is C12H14N2O2S. The zero-order valence-electron chi connectivity index (χ0n) is 9.58. The van der Waals surface area contributed by atoms with E-state index in [-0.39, 0.29) is 5.91 Å². The topological polar surface area (TPSA) is 64.2 Å². The van der Waals surface area contributed by atoms with Crippen molar-refractivity contribution in [3.8, 4) is 0 Å². The molecule has 0 aromatic heterocycles. The van der Waals surface area contributed by atoms with Crippen LogP contribution in [-0.4, -0.2) is 22.9 Å². The number of rotatable bonds is 0. The summed E-state index contributed by atoms with van der Waals surface area (Å²) < 4.78 is 12.0. The first-order valence-electron chi connectivity index (χ1n) is 5.66. The molecule has 0 aliphatic carbocycles. The van der Waals surface area contributed by atoms with Gasteiger partial charge in [-0.3, -0.25) is 10.1 Å². The molecule has 1 fully saturated rings. The van der Waals surface area contributed by atoms with Crippen LogP contribution in [0.2, 0.25) is 0 Å². The van der Waals surface area contributed by atoms with Gasteiger partial charge in [-0.2, -0.15) is 0 Å². The van der Waals surface area contributed by atoms with E-state index < -0.39 is 16.7 Å². The molecule has 17 heavy (non-hydrogen) atoms. The van der Waals surface area contributed by atoms with Gasteiger partial charge in [-0.1, -0.05) is 11.6 Å². The third kappa shape index (κ3) is 1.50. The van der Waals surface area contributed by atoms with Crippen LogP contribution in [0.3, 0.4) is 0 Å². The maximum atomic E-state index is 12.1. The van der Waals surface area contributed by atoms with Crippen LogP contribution in [0.4, 0.5) is 0 Å². The Bertz CT molecular complexity index is 491. The Balaban J connectivity index is 2.20. The van der Waals surface area contributed by atoms with Crippen molar-refractivity contribution in [2.75, 3.05) is 12.4 Å². The number of carbonyl (C=O) groups excluding carboxylic acids is 1. The minimum absolute atomic E-state index is 0.000972. The van der Waals surface area contributed by atoms with Gasteiger partial charge in [0.15, 0.2) is 4.90 Å². The van der Waals surface area contributed by atoms with Crippen molar-refractivity contribution in [1.82, 2.24) is 10.6 Å². The van der Waals surface area contributed by atoms with Gasteiger partial charge in [-0.25, -0.2) is 0 Å². The maximum Gasteiger partial charge on any atom is 0.246 e. The summed E-state index contributed by atoms with van der Waals surface area (Å²) in [5, 5.41) is 6.04. The lowest BCUT2D eigenvalue weighted by Crippen LogP contribution is -2.48. The quantitative estimate of drug-likeness (QED) is 0.654. The van der Waals surface area contributed by atoms with Gasteiger partial charge in [-0.05, 0) is 30.2 Å². The number of hydrogen-bond acceptors (Lipinski definition) is 3. The molecule has 1 aromatic carbocycles. The Morgan fingerprint density at radius 3 is 3.00 bits per heavy atom. The predicted molar refractivity (Wildman–Crippen MR) is 64.9 cm³/mol. The van der Waals surface area contributed by atoms with Crippen molar-refractivity contribution in [2.45, 2.75) is 23.8 Å². The van der Waals surface area contributed by atoms with Gasteiger partial charge in [0, 0.05) is 12.0 Å². The zero-order valence-corrected chi connectivity index (χ0v) is 10.4. The molecule has 0 bridgehead atoms. The molecule has 2 N–H and O–H groups in total. The summed E-state index contributed by atoms with van der Waals surface area (Å²) in [6.45, 7) is 2.47. The van der Waals surface area contributed by atoms with Crippen LogP contribution < -0.4 is 10.6 Å². The smallest absolute Gasteiger partial charge is 0.246 e. The maximum absolute atomic E-state index is 12.1. The SMILES string of the molecule is Cc1ccc2c(c1)C1(CC[S+]2[O-])NCNC1=O. The molecule has 3 rings (SSSR count). The molecule has 1 saturated heterocycles. The lowest BCUT2D eigenvalue weighted by Gasteiger charge is -2.33. The molecule has 5 heteroatoms. The first-order chi connectivity index (χ1) is 8.13. The second kappa shape index (κ2) is 3.73. The highest BCUT2D eigenvalue weighted by molar-refractivity contribution is 7.91. The monoisotopic (exact) mass is 250 g/mol. The van der Waals surface area contributed by atoms with Crippen LogP contribution in [0.5, 0.6) is 0 Å². The number of fused-ring (bicyclic) bond motifs is 2. The molecule has 2 aliphatic rings. The number of carbonyl (C=O) groups is 1. The van der Waals surface area contributed by atoms with Crippen molar-refractivity contribution in [2.24, 2.45) is 0 Å². The summed E-state index contributed by atoms with van der Waals surface area (Å²) in [7, 11) is 0. The van der Waals surface area contributed by atoms with E-state index in [1.54, 1.807) is 0 Å². The Hall–Kier alpha value is -1.04. The third-order valence-electron chi connectivity index (χ3n) is 3.53. The number of amides is 1. The van der Waals surface area contributed by atoms with E-state index in [1.165, 1.54) is 0 Å². The van der Waals surface area contributed by atoms with Crippen LogP contribution in [0.15, 0.2) is 23.1 Å². The molecular weight excluding hydrogens is 236 g/mol. The standard InChI is InChI=1S/C12H14N2O2S/c1-8-2-3-10-9(6-8)12(4-5-17(10)16)11(15)13-7-14-12/h2-3,6,14H,4-5,7H2,1H3,(H,13,15). The number of aryl methyl sites for hydroxylation is 1. The van der Waals surface area contributed by atoms with Crippen LogP contribution in [-0.2, 0) is 21.5 Å². The number of hydrogen-bond donors (Lipinski definition) is 2. The van der Waals surface area contributed by atoms with Crippen molar-refractivity contribution in [3.05, 3.63) is 29.3 Å². The third-order valence-corrected chi connectivity index (χ3v) is 4.95. The average Bonchev–Trinajstić information content (AvgIpc) is 2.67. The fourth-order valence-electron chi connectivity index (χ4n) is 2.59. The minimum Gasteiger partial charge on any atom is -0.611 e. The summed E-state index contributed by atoms with van der Waals surface area (Å²) in [5.74, 6) is 0.539. The second-order valence-electron chi connectivity index (χ2n) is 4.56. The summed E-state index contributed by atoms with van der Waals surface area (Å²) in [5.41, 5.74) is 1.32. The molecule has 0 saturated carbocycles. The van der Waals surface area contributed by atoms with Crippen LogP contribution in [0.1, 0.15) is 17.5 Å². The molecule has 1 amide bonds. The first kappa shape index (κ1) is 11.1. The van der Waals surface area contributed by atoms with Gasteiger partial charge in [0.2, 0.25) is 5.91 Å². The number of nitrogens with one attached hydrogen (secondary N) is 2. The van der Waals surface area contributed by atoms with Gasteiger partial charge in [0.05, 0.1) is 6.67 Å². The molecule has 0 radical (unpaired) electrons. The average molecular weight is 250 g/mol. The van der Waals surface area contributed by atoms with E-state index in [9.17, 15) is 9.35 Å². The van der Waals surface area contributed by atoms with E-state index in [4.69, 9.17) is 0 Å². The van der Waals surface area contributed by atoms with E-state index in [0.717, 1.165) is 16.0 Å². The lowest BCUT2D eigenvalue weighted by atomic mass is 9.86. The molecule has 2 atom stereocenters. The van der Waals surface area contributed by atoms with E-state index in [1.807, 2.05) is 25.1 Å². The van der Waals surface area contributed by atoms with Crippen LogP contribution >= 0.6 is 0 Å². The second-order valence-corrected chi connectivity index (χ2v) is 6.10.